The molecular weight excluding hydrogens is 636 g/mol. The first-order chi connectivity index (χ1) is 23.0. The molecule has 2 heterocycles. The molecule has 0 fully saturated rings. The number of nitrogens with one attached hydrogen (secondary N) is 3. The molecule has 0 saturated carbocycles. The molecule has 0 saturated heterocycles. The highest BCUT2D eigenvalue weighted by Crippen LogP contribution is 2.41. The number of aromatic amines is 1. The number of hydrogen-bond donors (Lipinski definition) is 4. The highest BCUT2D eigenvalue weighted by atomic mass is 32.1. The van der Waals surface area contributed by atoms with Crippen molar-refractivity contribution in [2.75, 3.05) is 5.32 Å². The molecule has 248 valence electrons. The van der Waals surface area contributed by atoms with Crippen molar-refractivity contribution < 1.29 is 28.1 Å². The van der Waals surface area contributed by atoms with E-state index in [1.165, 1.54) is 22.3 Å². The van der Waals surface area contributed by atoms with E-state index in [0.717, 1.165) is 29.3 Å². The van der Waals surface area contributed by atoms with Crippen molar-refractivity contribution in [3.63, 3.8) is 0 Å². The lowest BCUT2D eigenvalue weighted by Gasteiger charge is -2.32. The first-order valence-electron chi connectivity index (χ1n) is 15.3. The van der Waals surface area contributed by atoms with Crippen molar-refractivity contribution in [2.45, 2.75) is 64.4 Å². The molecule has 0 bridgehead atoms. The van der Waals surface area contributed by atoms with Crippen molar-refractivity contribution in [2.24, 2.45) is 0 Å². The van der Waals surface area contributed by atoms with Crippen molar-refractivity contribution in [1.29, 1.82) is 5.26 Å². The van der Waals surface area contributed by atoms with Gasteiger partial charge in [-0.3, -0.25) is 5.32 Å². The maximum Gasteiger partial charge on any atom is 0.412 e. The van der Waals surface area contributed by atoms with Crippen LogP contribution in [0, 0.1) is 23.0 Å². The fraction of sp³-hybridized carbons (Fsp3) is 0.286. The number of carbonyl (C=O) groups is 1. The summed E-state index contributed by atoms with van der Waals surface area (Å²) in [6.45, 7) is 7.69. The summed E-state index contributed by atoms with van der Waals surface area (Å²) in [5, 5.41) is 32.7. The number of benzene rings is 3. The number of halogens is 2. The SMILES string of the molecule is CC(C)NCc1ccccc1NC(=O)OC(C)c1nc[n+](C[C@](O)(c2cc(F)ccc2F)[C@@H](C)c2nc(-c3ccc(C#N)cc3)cs2)[nH]1. The Labute approximate surface area is 281 Å². The number of hydrogen-bond acceptors (Lipinski definition) is 8. The van der Waals surface area contributed by atoms with Crippen LogP contribution in [0.1, 0.15) is 67.2 Å². The van der Waals surface area contributed by atoms with Crippen LogP contribution in [-0.2, 0) is 23.4 Å². The van der Waals surface area contributed by atoms with Gasteiger partial charge in [0.2, 0.25) is 0 Å². The van der Waals surface area contributed by atoms with E-state index in [-0.39, 0.29) is 24.0 Å². The second-order valence-electron chi connectivity index (χ2n) is 11.8. The van der Waals surface area contributed by atoms with Gasteiger partial charge >= 0.3 is 12.4 Å². The van der Waals surface area contributed by atoms with Gasteiger partial charge in [0.15, 0.2) is 6.10 Å². The van der Waals surface area contributed by atoms with E-state index < -0.39 is 35.4 Å². The van der Waals surface area contributed by atoms with Gasteiger partial charge in [0.1, 0.15) is 23.8 Å². The Balaban J connectivity index is 1.35. The summed E-state index contributed by atoms with van der Waals surface area (Å²) < 4.78 is 36.8. The van der Waals surface area contributed by atoms with Crippen molar-refractivity contribution in [1.82, 2.24) is 20.4 Å². The molecule has 13 heteroatoms. The van der Waals surface area contributed by atoms with E-state index in [0.29, 0.717) is 28.5 Å². The molecule has 3 aromatic carbocycles. The van der Waals surface area contributed by atoms with Gasteiger partial charge in [-0.05, 0) is 53.9 Å². The number of H-pyrrole nitrogens is 1. The van der Waals surface area contributed by atoms with Gasteiger partial charge < -0.3 is 15.2 Å². The molecule has 2 aromatic heterocycles. The Morgan fingerprint density at radius 2 is 1.88 bits per heavy atom. The van der Waals surface area contributed by atoms with E-state index >= 15 is 4.39 Å². The van der Waals surface area contributed by atoms with Gasteiger partial charge in [-0.15, -0.1) is 11.3 Å². The van der Waals surface area contributed by atoms with Crippen LogP contribution in [0.3, 0.4) is 0 Å². The zero-order chi connectivity index (χ0) is 34.4. The van der Waals surface area contributed by atoms with Crippen LogP contribution in [0.4, 0.5) is 19.3 Å². The lowest BCUT2D eigenvalue weighted by atomic mass is 9.82. The first kappa shape index (κ1) is 34.3. The van der Waals surface area contributed by atoms with Crippen LogP contribution in [0.25, 0.3) is 11.3 Å². The predicted octanol–water partition coefficient (Wildman–Crippen LogP) is 6.47. The Hall–Kier alpha value is -5.03. The van der Waals surface area contributed by atoms with Crippen LogP contribution < -0.4 is 15.3 Å². The molecular formula is C35H36F2N7O3S+. The zero-order valence-corrected chi connectivity index (χ0v) is 27.7. The summed E-state index contributed by atoms with van der Waals surface area (Å²) in [4.78, 5) is 21.9. The van der Waals surface area contributed by atoms with Gasteiger partial charge in [-0.2, -0.15) is 15.0 Å². The quantitative estimate of drug-likeness (QED) is 0.111. The average Bonchev–Trinajstić information content (AvgIpc) is 3.75. The monoisotopic (exact) mass is 672 g/mol. The second kappa shape index (κ2) is 14.8. The topological polar surface area (TPSA) is 140 Å². The van der Waals surface area contributed by atoms with Gasteiger partial charge in [0, 0.05) is 40.7 Å². The molecule has 3 atom stereocenters. The third kappa shape index (κ3) is 7.91. The number of nitrogens with zero attached hydrogens (tertiary/aromatic N) is 4. The lowest BCUT2D eigenvalue weighted by molar-refractivity contribution is -0.765. The fourth-order valence-electron chi connectivity index (χ4n) is 5.16. The highest BCUT2D eigenvalue weighted by Gasteiger charge is 2.44. The fourth-order valence-corrected chi connectivity index (χ4v) is 6.13. The average molecular weight is 673 g/mol. The number of carbonyl (C=O) groups excluding carboxylic acids is 1. The largest absolute Gasteiger partial charge is 0.435 e. The summed E-state index contributed by atoms with van der Waals surface area (Å²) in [6.07, 6.45) is -0.118. The van der Waals surface area contributed by atoms with Gasteiger partial charge in [-0.25, -0.2) is 18.6 Å². The molecule has 5 aromatic rings. The second-order valence-corrected chi connectivity index (χ2v) is 12.7. The molecule has 0 aliphatic rings. The summed E-state index contributed by atoms with van der Waals surface area (Å²) in [5.41, 5.74) is 1.17. The van der Waals surface area contributed by atoms with Crippen molar-refractivity contribution in [3.8, 4) is 17.3 Å². The van der Waals surface area contributed by atoms with E-state index in [4.69, 9.17) is 15.0 Å². The van der Waals surface area contributed by atoms with Crippen LogP contribution in [0.5, 0.6) is 0 Å². The Bertz CT molecular complexity index is 1920. The third-order valence-corrected chi connectivity index (χ3v) is 8.97. The predicted molar refractivity (Wildman–Crippen MR) is 177 cm³/mol. The minimum absolute atomic E-state index is 0.247. The van der Waals surface area contributed by atoms with E-state index in [1.807, 2.05) is 32.0 Å². The number of aliphatic hydroxyl groups is 1. The van der Waals surface area contributed by atoms with Crippen molar-refractivity contribution in [3.05, 3.63) is 118 Å². The summed E-state index contributed by atoms with van der Waals surface area (Å²) in [5.74, 6) is -2.03. The van der Waals surface area contributed by atoms with Crippen LogP contribution in [0.15, 0.2) is 78.4 Å². The van der Waals surface area contributed by atoms with E-state index in [1.54, 1.807) is 49.6 Å². The third-order valence-electron chi connectivity index (χ3n) is 7.94. The zero-order valence-electron chi connectivity index (χ0n) is 26.9. The number of nitriles is 1. The standard InChI is InChI=1S/C35H35F2N7O3S/c1-21(2)39-17-26-7-5-6-8-30(26)42-34(45)47-23(4)32-40-20-44(43-32)19-35(46,28-15-27(36)13-14-29(28)37)22(3)33-41-31(18-48-33)25-11-9-24(16-38)10-12-25/h5-15,18,20-23,39,46H,17,19H2,1-4H3,(H,42,45)/p+1/t22-,23?,35+/m0/s1. The molecule has 5 rings (SSSR count). The normalized spacial score (nSPS) is 13.8. The molecule has 48 heavy (non-hydrogen) atoms. The van der Waals surface area contributed by atoms with E-state index in [9.17, 15) is 14.3 Å². The minimum atomic E-state index is -1.99. The minimum Gasteiger partial charge on any atom is -0.435 e. The maximum atomic E-state index is 15.3. The van der Waals surface area contributed by atoms with Crippen LogP contribution >= 0.6 is 11.3 Å². The van der Waals surface area contributed by atoms with Crippen LogP contribution in [-0.4, -0.2) is 32.3 Å². The molecule has 0 aliphatic carbocycles. The Morgan fingerprint density at radius 3 is 2.60 bits per heavy atom. The van der Waals surface area contributed by atoms with Crippen molar-refractivity contribution >= 4 is 23.1 Å². The number of aromatic nitrogens is 4. The summed E-state index contributed by atoms with van der Waals surface area (Å²) >= 11 is 1.27. The number of amides is 1. The summed E-state index contributed by atoms with van der Waals surface area (Å²) in [7, 11) is 0. The number of rotatable bonds is 12. The Kier molecular flexibility index (Phi) is 10.6. The number of thiazole rings is 1. The molecule has 1 unspecified atom stereocenters. The molecule has 4 N–H and O–H groups in total. The molecule has 0 aliphatic heterocycles. The maximum absolute atomic E-state index is 15.3. The number of ether oxygens (including phenoxy) is 1. The first-order valence-corrected chi connectivity index (χ1v) is 16.2. The molecule has 10 nitrogen and oxygen atoms in total. The summed E-state index contributed by atoms with van der Waals surface area (Å²) in [6, 6.07) is 19.6. The van der Waals surface area contributed by atoms with E-state index in [2.05, 4.69) is 26.8 Å². The molecule has 0 spiro atoms. The molecule has 0 radical (unpaired) electrons. The van der Waals surface area contributed by atoms with Gasteiger partial charge in [0.05, 0.1) is 22.3 Å². The lowest BCUT2D eigenvalue weighted by Crippen LogP contribution is -2.50. The van der Waals surface area contributed by atoms with Crippen LogP contribution in [0.2, 0.25) is 0 Å². The number of para-hydroxylation sites is 1. The van der Waals surface area contributed by atoms with Gasteiger partial charge in [0.25, 0.3) is 5.82 Å². The Morgan fingerprint density at radius 1 is 1.12 bits per heavy atom. The van der Waals surface area contributed by atoms with Gasteiger partial charge in [-0.1, -0.05) is 51.1 Å². The smallest absolute Gasteiger partial charge is 0.412 e. The molecule has 1 amide bonds. The number of anilines is 1. The highest BCUT2D eigenvalue weighted by molar-refractivity contribution is 7.10.